The second-order valence-corrected chi connectivity index (χ2v) is 5.03. The molecule has 1 nitrogen and oxygen atoms in total. The highest BCUT2D eigenvalue weighted by molar-refractivity contribution is 5.37. The Bertz CT molecular complexity index is 543. The van der Waals surface area contributed by atoms with Gasteiger partial charge in [0.2, 0.25) is 0 Å². The highest BCUT2D eigenvalue weighted by Crippen LogP contribution is 2.23. The van der Waals surface area contributed by atoms with Crippen LogP contribution in [0.3, 0.4) is 0 Å². The highest BCUT2D eigenvalue weighted by atomic mass is 14.6. The summed E-state index contributed by atoms with van der Waals surface area (Å²) < 4.78 is 0. The first-order chi connectivity index (χ1) is 8.59. The lowest BCUT2D eigenvalue weighted by molar-refractivity contribution is 0.712. The van der Waals surface area contributed by atoms with Crippen LogP contribution < -0.4 is 5.73 Å². The smallest absolute Gasteiger partial charge is 0.0338 e. The Labute approximate surface area is 110 Å². The van der Waals surface area contributed by atoms with Crippen LogP contribution >= 0.6 is 0 Å². The van der Waals surface area contributed by atoms with Crippen molar-refractivity contribution >= 4 is 0 Å². The molecule has 0 saturated heterocycles. The highest BCUT2D eigenvalue weighted by Gasteiger charge is 2.11. The zero-order chi connectivity index (χ0) is 13.1. The summed E-state index contributed by atoms with van der Waals surface area (Å²) in [6.45, 7) is 6.44. The maximum absolute atomic E-state index is 6.37. The summed E-state index contributed by atoms with van der Waals surface area (Å²) in [5, 5.41) is 0. The Balaban J connectivity index is 2.25. The predicted molar refractivity (Wildman–Crippen MR) is 77.7 cm³/mol. The van der Waals surface area contributed by atoms with Gasteiger partial charge in [0.05, 0.1) is 0 Å². The van der Waals surface area contributed by atoms with Gasteiger partial charge in [0.1, 0.15) is 0 Å². The second-order valence-electron chi connectivity index (χ2n) is 5.03. The fourth-order valence-electron chi connectivity index (χ4n) is 2.36. The molecule has 94 valence electrons. The molecule has 0 saturated carbocycles. The Hall–Kier alpha value is -1.60. The summed E-state index contributed by atoms with van der Waals surface area (Å²) >= 11 is 0. The van der Waals surface area contributed by atoms with Crippen LogP contribution in [0.5, 0.6) is 0 Å². The van der Waals surface area contributed by atoms with Crippen molar-refractivity contribution in [1.29, 1.82) is 0 Å². The molecule has 0 fully saturated rings. The van der Waals surface area contributed by atoms with Gasteiger partial charge in [-0.2, -0.15) is 0 Å². The minimum atomic E-state index is 0.0750. The van der Waals surface area contributed by atoms with Crippen LogP contribution in [0.1, 0.15) is 33.9 Å². The molecule has 1 heteroatoms. The van der Waals surface area contributed by atoms with Crippen LogP contribution in [0.15, 0.2) is 42.5 Å². The molecule has 0 radical (unpaired) electrons. The van der Waals surface area contributed by atoms with E-state index in [1.807, 2.05) is 0 Å². The fraction of sp³-hybridized carbons (Fsp3) is 0.294. The zero-order valence-electron chi connectivity index (χ0n) is 11.4. The molecular formula is C17H21N. The Morgan fingerprint density at radius 1 is 0.889 bits per heavy atom. The third-order valence-electron chi connectivity index (χ3n) is 3.75. The normalized spacial score (nSPS) is 12.4. The van der Waals surface area contributed by atoms with Crippen molar-refractivity contribution in [1.82, 2.24) is 0 Å². The third-order valence-corrected chi connectivity index (χ3v) is 3.75. The van der Waals surface area contributed by atoms with Gasteiger partial charge >= 0.3 is 0 Å². The van der Waals surface area contributed by atoms with Crippen LogP contribution in [0.4, 0.5) is 0 Å². The van der Waals surface area contributed by atoms with Crippen molar-refractivity contribution in [2.24, 2.45) is 5.73 Å². The number of rotatable bonds is 3. The van der Waals surface area contributed by atoms with Crippen molar-refractivity contribution in [3.63, 3.8) is 0 Å². The molecule has 0 aromatic heterocycles. The van der Waals surface area contributed by atoms with Gasteiger partial charge in [0.15, 0.2) is 0 Å². The molecule has 1 atom stereocenters. The van der Waals surface area contributed by atoms with Crippen molar-refractivity contribution < 1.29 is 0 Å². The lowest BCUT2D eigenvalue weighted by Gasteiger charge is -2.17. The fourth-order valence-corrected chi connectivity index (χ4v) is 2.36. The Morgan fingerprint density at radius 2 is 1.56 bits per heavy atom. The van der Waals surface area contributed by atoms with Gasteiger partial charge in [0, 0.05) is 6.04 Å². The molecule has 2 N–H and O–H groups in total. The van der Waals surface area contributed by atoms with E-state index < -0.39 is 0 Å². The maximum atomic E-state index is 6.37. The lowest BCUT2D eigenvalue weighted by atomic mass is 9.92. The molecule has 2 aromatic carbocycles. The summed E-state index contributed by atoms with van der Waals surface area (Å²) in [5.74, 6) is 0. The minimum Gasteiger partial charge on any atom is -0.324 e. The van der Waals surface area contributed by atoms with E-state index in [1.54, 1.807) is 0 Å². The number of hydrogen-bond donors (Lipinski definition) is 1. The molecule has 0 spiro atoms. The van der Waals surface area contributed by atoms with E-state index in [-0.39, 0.29) is 6.04 Å². The van der Waals surface area contributed by atoms with Crippen molar-refractivity contribution in [3.05, 3.63) is 70.3 Å². The van der Waals surface area contributed by atoms with E-state index in [0.29, 0.717) is 0 Å². The Kier molecular flexibility index (Phi) is 3.83. The number of nitrogens with two attached hydrogens (primary N) is 1. The monoisotopic (exact) mass is 239 g/mol. The summed E-state index contributed by atoms with van der Waals surface area (Å²) in [6, 6.07) is 14.9. The van der Waals surface area contributed by atoms with Crippen molar-refractivity contribution in [2.75, 3.05) is 0 Å². The SMILES string of the molecule is Cc1ccccc1CC(N)c1cccc(C)c1C. The summed E-state index contributed by atoms with van der Waals surface area (Å²) in [6.07, 6.45) is 0.900. The van der Waals surface area contributed by atoms with Gasteiger partial charge in [-0.1, -0.05) is 42.5 Å². The lowest BCUT2D eigenvalue weighted by Crippen LogP contribution is -2.15. The number of benzene rings is 2. The van der Waals surface area contributed by atoms with Crippen LogP contribution in [0.25, 0.3) is 0 Å². The van der Waals surface area contributed by atoms with Gasteiger partial charge in [-0.05, 0) is 55.0 Å². The molecule has 0 bridgehead atoms. The zero-order valence-corrected chi connectivity index (χ0v) is 11.4. The van der Waals surface area contributed by atoms with Crippen LogP contribution in [0.2, 0.25) is 0 Å². The van der Waals surface area contributed by atoms with Gasteiger partial charge in [-0.25, -0.2) is 0 Å². The molecule has 0 heterocycles. The van der Waals surface area contributed by atoms with E-state index in [0.717, 1.165) is 6.42 Å². The van der Waals surface area contributed by atoms with E-state index in [1.165, 1.54) is 27.8 Å². The molecule has 2 aromatic rings. The first-order valence-corrected chi connectivity index (χ1v) is 6.46. The van der Waals surface area contributed by atoms with Crippen molar-refractivity contribution in [3.8, 4) is 0 Å². The van der Waals surface area contributed by atoms with E-state index >= 15 is 0 Å². The first kappa shape index (κ1) is 12.8. The Morgan fingerprint density at radius 3 is 2.28 bits per heavy atom. The summed E-state index contributed by atoms with van der Waals surface area (Å²) in [5.41, 5.74) is 12.9. The average Bonchev–Trinajstić information content (AvgIpc) is 2.35. The van der Waals surface area contributed by atoms with Gasteiger partial charge in [-0.3, -0.25) is 0 Å². The van der Waals surface area contributed by atoms with Gasteiger partial charge in [-0.15, -0.1) is 0 Å². The third kappa shape index (κ3) is 2.62. The quantitative estimate of drug-likeness (QED) is 0.865. The van der Waals surface area contributed by atoms with Crippen LogP contribution in [0, 0.1) is 20.8 Å². The van der Waals surface area contributed by atoms with Gasteiger partial charge < -0.3 is 5.73 Å². The second kappa shape index (κ2) is 5.36. The molecule has 0 aliphatic carbocycles. The largest absolute Gasteiger partial charge is 0.324 e. The number of hydrogen-bond acceptors (Lipinski definition) is 1. The van der Waals surface area contributed by atoms with Crippen molar-refractivity contribution in [2.45, 2.75) is 33.2 Å². The number of aryl methyl sites for hydroxylation is 2. The molecule has 2 rings (SSSR count). The minimum absolute atomic E-state index is 0.0750. The summed E-state index contributed by atoms with van der Waals surface area (Å²) in [4.78, 5) is 0. The predicted octanol–water partition coefficient (Wildman–Crippen LogP) is 3.85. The van der Waals surface area contributed by atoms with Crippen LogP contribution in [-0.2, 0) is 6.42 Å². The first-order valence-electron chi connectivity index (χ1n) is 6.46. The van der Waals surface area contributed by atoms with E-state index in [9.17, 15) is 0 Å². The molecule has 1 unspecified atom stereocenters. The standard InChI is InChI=1S/C17H21N/c1-12-8-6-10-16(14(12)3)17(18)11-15-9-5-4-7-13(15)2/h4-10,17H,11,18H2,1-3H3. The molecular weight excluding hydrogens is 218 g/mol. The molecule has 0 aliphatic heterocycles. The van der Waals surface area contributed by atoms with E-state index in [4.69, 9.17) is 5.73 Å². The molecule has 0 aliphatic rings. The maximum Gasteiger partial charge on any atom is 0.0338 e. The molecule has 18 heavy (non-hydrogen) atoms. The van der Waals surface area contributed by atoms with Crippen LogP contribution in [-0.4, -0.2) is 0 Å². The topological polar surface area (TPSA) is 26.0 Å². The van der Waals surface area contributed by atoms with E-state index in [2.05, 4.69) is 63.2 Å². The van der Waals surface area contributed by atoms with Gasteiger partial charge in [0.25, 0.3) is 0 Å². The average molecular weight is 239 g/mol. The summed E-state index contributed by atoms with van der Waals surface area (Å²) in [7, 11) is 0. The molecule has 0 amide bonds.